The Balaban J connectivity index is 2.10. The molecule has 0 spiro atoms. The van der Waals surface area contributed by atoms with Crippen LogP contribution in [0.15, 0.2) is 0 Å². The van der Waals surface area contributed by atoms with E-state index in [-0.39, 0.29) is 17.3 Å². The summed E-state index contributed by atoms with van der Waals surface area (Å²) in [7, 11) is 1.56. The summed E-state index contributed by atoms with van der Waals surface area (Å²) in [6.07, 6.45) is -4.71. The molecule has 9 heteroatoms. The number of hydrogen-bond acceptors (Lipinski definition) is 6. The summed E-state index contributed by atoms with van der Waals surface area (Å²) in [6, 6.07) is 0. The van der Waals surface area contributed by atoms with Crippen molar-refractivity contribution in [3.63, 3.8) is 0 Å². The molecule has 0 radical (unpaired) electrons. The standard InChI is InChI=1S/C10H14F3N3O2S/c1-6-3-16(4-7(18-6)5-17-2)9-15-14-8(19-9)10(11,12)13/h6-7H,3-5H2,1-2H3. The number of alkyl halides is 3. The number of anilines is 1. The van der Waals surface area contributed by atoms with Crippen molar-refractivity contribution >= 4 is 16.5 Å². The molecular weight excluding hydrogens is 283 g/mol. The van der Waals surface area contributed by atoms with Gasteiger partial charge in [0.2, 0.25) is 10.1 Å². The van der Waals surface area contributed by atoms with Gasteiger partial charge in [-0.3, -0.25) is 0 Å². The van der Waals surface area contributed by atoms with Gasteiger partial charge in [-0.1, -0.05) is 11.3 Å². The predicted octanol–water partition coefficient (Wildman–Crippen LogP) is 1.80. The summed E-state index contributed by atoms with van der Waals surface area (Å²) in [4.78, 5) is 1.75. The number of morpholine rings is 1. The third-order valence-corrected chi connectivity index (χ3v) is 3.64. The summed E-state index contributed by atoms with van der Waals surface area (Å²) in [5.74, 6) is 0. The van der Waals surface area contributed by atoms with Crippen LogP contribution in [0.3, 0.4) is 0 Å². The molecule has 1 fully saturated rings. The van der Waals surface area contributed by atoms with Gasteiger partial charge in [0, 0.05) is 20.2 Å². The molecule has 2 heterocycles. The van der Waals surface area contributed by atoms with E-state index in [2.05, 4.69) is 10.2 Å². The van der Waals surface area contributed by atoms with Crippen molar-refractivity contribution in [1.82, 2.24) is 10.2 Å². The van der Waals surface area contributed by atoms with Gasteiger partial charge in [0.05, 0.1) is 18.8 Å². The molecule has 0 saturated carbocycles. The minimum atomic E-state index is -4.44. The molecule has 2 unspecified atom stereocenters. The van der Waals surface area contributed by atoms with Crippen LogP contribution in [0, 0.1) is 0 Å². The van der Waals surface area contributed by atoms with Crippen LogP contribution < -0.4 is 4.90 Å². The third kappa shape index (κ3) is 3.54. The van der Waals surface area contributed by atoms with Gasteiger partial charge in [-0.15, -0.1) is 10.2 Å². The largest absolute Gasteiger partial charge is 0.445 e. The van der Waals surface area contributed by atoms with Crippen LogP contribution in [-0.2, 0) is 15.7 Å². The highest BCUT2D eigenvalue weighted by atomic mass is 32.1. The van der Waals surface area contributed by atoms with E-state index in [1.807, 2.05) is 6.92 Å². The minimum Gasteiger partial charge on any atom is -0.382 e. The third-order valence-electron chi connectivity index (χ3n) is 2.61. The summed E-state index contributed by atoms with van der Waals surface area (Å²) in [6.45, 7) is 3.20. The Morgan fingerprint density at radius 2 is 2.16 bits per heavy atom. The Bertz CT molecular complexity index is 426. The molecule has 0 aliphatic carbocycles. The molecule has 1 aliphatic heterocycles. The van der Waals surface area contributed by atoms with Crippen molar-refractivity contribution < 1.29 is 22.6 Å². The van der Waals surface area contributed by atoms with Gasteiger partial charge in [0.25, 0.3) is 0 Å². The quantitative estimate of drug-likeness (QED) is 0.851. The van der Waals surface area contributed by atoms with Crippen molar-refractivity contribution in [1.29, 1.82) is 0 Å². The van der Waals surface area contributed by atoms with Gasteiger partial charge < -0.3 is 14.4 Å². The van der Waals surface area contributed by atoms with E-state index >= 15 is 0 Å². The Hall–Kier alpha value is -0.930. The Kier molecular flexibility index (Phi) is 4.26. The normalized spacial score (nSPS) is 24.8. The van der Waals surface area contributed by atoms with Gasteiger partial charge in [0.1, 0.15) is 0 Å². The summed E-state index contributed by atoms with van der Waals surface area (Å²) in [5, 5.41) is 6.14. The maximum Gasteiger partial charge on any atom is 0.445 e. The number of nitrogens with zero attached hydrogens (tertiary/aromatic N) is 3. The van der Waals surface area contributed by atoms with E-state index in [4.69, 9.17) is 9.47 Å². The van der Waals surface area contributed by atoms with Gasteiger partial charge in [-0.05, 0) is 6.92 Å². The van der Waals surface area contributed by atoms with Crippen LogP contribution in [0.1, 0.15) is 11.9 Å². The van der Waals surface area contributed by atoms with Crippen molar-refractivity contribution in [3.05, 3.63) is 5.01 Å². The molecule has 0 N–H and O–H groups in total. The summed E-state index contributed by atoms with van der Waals surface area (Å²) in [5.41, 5.74) is 0. The van der Waals surface area contributed by atoms with Gasteiger partial charge in [0.15, 0.2) is 0 Å². The number of methoxy groups -OCH3 is 1. The topological polar surface area (TPSA) is 47.5 Å². The fourth-order valence-electron chi connectivity index (χ4n) is 1.94. The first-order valence-corrected chi connectivity index (χ1v) is 6.52. The fourth-order valence-corrected chi connectivity index (χ4v) is 2.67. The Morgan fingerprint density at radius 1 is 1.42 bits per heavy atom. The van der Waals surface area contributed by atoms with E-state index < -0.39 is 11.2 Å². The minimum absolute atomic E-state index is 0.0906. The average molecular weight is 297 g/mol. The molecule has 108 valence electrons. The molecule has 1 saturated heterocycles. The zero-order valence-electron chi connectivity index (χ0n) is 10.5. The second kappa shape index (κ2) is 5.59. The second-order valence-corrected chi connectivity index (χ2v) is 5.27. The first-order valence-electron chi connectivity index (χ1n) is 5.70. The van der Waals surface area contributed by atoms with Gasteiger partial charge >= 0.3 is 6.18 Å². The zero-order valence-corrected chi connectivity index (χ0v) is 11.3. The molecule has 19 heavy (non-hydrogen) atoms. The highest BCUT2D eigenvalue weighted by molar-refractivity contribution is 7.15. The molecule has 0 bridgehead atoms. The molecule has 5 nitrogen and oxygen atoms in total. The average Bonchev–Trinajstić information content (AvgIpc) is 2.77. The van der Waals surface area contributed by atoms with E-state index in [9.17, 15) is 13.2 Å². The lowest BCUT2D eigenvalue weighted by atomic mass is 10.2. The van der Waals surface area contributed by atoms with E-state index in [1.54, 1.807) is 12.0 Å². The number of aromatic nitrogens is 2. The van der Waals surface area contributed by atoms with Crippen LogP contribution in [0.25, 0.3) is 0 Å². The van der Waals surface area contributed by atoms with E-state index in [1.165, 1.54) is 0 Å². The summed E-state index contributed by atoms with van der Waals surface area (Å²) < 4.78 is 48.1. The number of halogens is 3. The van der Waals surface area contributed by atoms with Gasteiger partial charge in [-0.2, -0.15) is 13.2 Å². The first-order chi connectivity index (χ1) is 8.90. The Labute approximate surface area is 112 Å². The highest BCUT2D eigenvalue weighted by Crippen LogP contribution is 2.35. The zero-order chi connectivity index (χ0) is 14.0. The van der Waals surface area contributed by atoms with Crippen LogP contribution in [0.5, 0.6) is 0 Å². The highest BCUT2D eigenvalue weighted by Gasteiger charge is 2.37. The van der Waals surface area contributed by atoms with Crippen molar-refractivity contribution in [2.75, 3.05) is 31.7 Å². The second-order valence-electron chi connectivity index (χ2n) is 4.32. The lowest BCUT2D eigenvalue weighted by Gasteiger charge is -2.36. The molecular formula is C10H14F3N3O2S. The predicted molar refractivity (Wildman–Crippen MR) is 63.3 cm³/mol. The lowest BCUT2D eigenvalue weighted by molar-refractivity contribution is -0.138. The lowest BCUT2D eigenvalue weighted by Crippen LogP contribution is -2.48. The number of ether oxygens (including phenoxy) is 2. The van der Waals surface area contributed by atoms with E-state index in [0.717, 1.165) is 0 Å². The number of hydrogen-bond donors (Lipinski definition) is 0. The maximum absolute atomic E-state index is 12.5. The van der Waals surface area contributed by atoms with Crippen molar-refractivity contribution in [2.45, 2.75) is 25.3 Å². The first kappa shape index (κ1) is 14.5. The maximum atomic E-state index is 12.5. The Morgan fingerprint density at radius 3 is 2.74 bits per heavy atom. The molecule has 0 amide bonds. The molecule has 1 aromatic heterocycles. The van der Waals surface area contributed by atoms with E-state index in [0.29, 0.717) is 31.0 Å². The fraction of sp³-hybridized carbons (Fsp3) is 0.800. The van der Waals surface area contributed by atoms with Crippen molar-refractivity contribution in [2.24, 2.45) is 0 Å². The number of rotatable bonds is 3. The summed E-state index contributed by atoms with van der Waals surface area (Å²) >= 11 is 0.551. The molecule has 2 atom stereocenters. The van der Waals surface area contributed by atoms with Crippen LogP contribution in [0.2, 0.25) is 0 Å². The molecule has 1 aromatic rings. The van der Waals surface area contributed by atoms with Crippen LogP contribution in [-0.4, -0.2) is 49.2 Å². The van der Waals surface area contributed by atoms with Crippen molar-refractivity contribution in [3.8, 4) is 0 Å². The molecule has 0 aromatic carbocycles. The SMILES string of the molecule is COCC1CN(c2nnc(C(F)(F)F)s2)CC(C)O1. The molecule has 1 aliphatic rings. The van der Waals surface area contributed by atoms with Crippen LogP contribution in [0.4, 0.5) is 18.3 Å². The smallest absolute Gasteiger partial charge is 0.382 e. The monoisotopic (exact) mass is 297 g/mol. The van der Waals surface area contributed by atoms with Crippen LogP contribution >= 0.6 is 11.3 Å². The van der Waals surface area contributed by atoms with Gasteiger partial charge in [-0.25, -0.2) is 0 Å². The molecule has 2 rings (SSSR count).